The number of ketones is 1. The van der Waals surface area contributed by atoms with Crippen LogP contribution in [-0.2, 0) is 4.79 Å². The van der Waals surface area contributed by atoms with Crippen LogP contribution in [0, 0.1) is 5.41 Å². The Morgan fingerprint density at radius 2 is 1.69 bits per heavy atom. The van der Waals surface area contributed by atoms with Gasteiger partial charge in [0.1, 0.15) is 0 Å². The summed E-state index contributed by atoms with van der Waals surface area (Å²) in [4.78, 5) is 11.8. The lowest BCUT2D eigenvalue weighted by molar-refractivity contribution is -0.115. The van der Waals surface area contributed by atoms with Crippen molar-refractivity contribution < 1.29 is 4.79 Å². The third-order valence-electron chi connectivity index (χ3n) is 3.50. The standard InChI is InChI=1S/C15H26O/c1-6-11-15(9-4,10-5)12-13(7-2)14(16)8-3/h6,12H,1,7-11H2,2-5H3/b13-12+. The Labute approximate surface area is 101 Å². The SMILES string of the molecule is C=CCC(/C=C(\CC)C(=O)CC)(CC)CC. The minimum absolute atomic E-state index is 0.137. The maximum Gasteiger partial charge on any atom is 0.158 e. The highest BCUT2D eigenvalue weighted by atomic mass is 16.1. The van der Waals surface area contributed by atoms with Crippen LogP contribution in [0.25, 0.3) is 0 Å². The van der Waals surface area contributed by atoms with Gasteiger partial charge >= 0.3 is 0 Å². The largest absolute Gasteiger partial charge is 0.295 e. The van der Waals surface area contributed by atoms with Gasteiger partial charge in [0.05, 0.1) is 0 Å². The van der Waals surface area contributed by atoms with E-state index in [0.717, 1.165) is 31.3 Å². The average Bonchev–Trinajstić information content (AvgIpc) is 2.33. The summed E-state index contributed by atoms with van der Waals surface area (Å²) in [6.45, 7) is 12.2. The van der Waals surface area contributed by atoms with E-state index in [4.69, 9.17) is 0 Å². The van der Waals surface area contributed by atoms with Crippen LogP contribution in [0.1, 0.15) is 59.8 Å². The molecule has 0 amide bonds. The number of carbonyl (C=O) groups is 1. The van der Waals surface area contributed by atoms with Gasteiger partial charge in [0.25, 0.3) is 0 Å². The molecule has 0 fully saturated rings. The molecule has 92 valence electrons. The zero-order valence-electron chi connectivity index (χ0n) is 11.3. The van der Waals surface area contributed by atoms with Gasteiger partial charge in [-0.2, -0.15) is 0 Å². The number of hydrogen-bond acceptors (Lipinski definition) is 1. The lowest BCUT2D eigenvalue weighted by Crippen LogP contribution is -2.17. The van der Waals surface area contributed by atoms with Gasteiger partial charge in [0.2, 0.25) is 0 Å². The quantitative estimate of drug-likeness (QED) is 0.430. The van der Waals surface area contributed by atoms with E-state index in [-0.39, 0.29) is 11.2 Å². The maximum atomic E-state index is 11.8. The molecule has 0 bridgehead atoms. The second-order valence-electron chi connectivity index (χ2n) is 4.36. The normalized spacial score (nSPS) is 12.6. The number of allylic oxidation sites excluding steroid dienone is 3. The van der Waals surface area contributed by atoms with Gasteiger partial charge in [-0.1, -0.05) is 39.8 Å². The minimum atomic E-state index is 0.137. The summed E-state index contributed by atoms with van der Waals surface area (Å²) in [7, 11) is 0. The van der Waals surface area contributed by atoms with Crippen LogP contribution >= 0.6 is 0 Å². The topological polar surface area (TPSA) is 17.1 Å². The molecule has 0 saturated carbocycles. The van der Waals surface area contributed by atoms with Crippen LogP contribution in [0.3, 0.4) is 0 Å². The number of rotatable bonds is 8. The fourth-order valence-electron chi connectivity index (χ4n) is 2.07. The maximum absolute atomic E-state index is 11.8. The van der Waals surface area contributed by atoms with Crippen LogP contribution in [0.2, 0.25) is 0 Å². The molecule has 0 unspecified atom stereocenters. The van der Waals surface area contributed by atoms with Crippen LogP contribution in [0.15, 0.2) is 24.3 Å². The highest BCUT2D eigenvalue weighted by molar-refractivity contribution is 5.95. The van der Waals surface area contributed by atoms with Crippen LogP contribution in [-0.4, -0.2) is 5.78 Å². The average molecular weight is 222 g/mol. The molecule has 0 aromatic heterocycles. The van der Waals surface area contributed by atoms with Crippen molar-refractivity contribution in [2.75, 3.05) is 0 Å². The van der Waals surface area contributed by atoms with Gasteiger partial charge in [0, 0.05) is 6.42 Å². The van der Waals surface area contributed by atoms with Gasteiger partial charge in [-0.05, 0) is 36.7 Å². The highest BCUT2D eigenvalue weighted by Gasteiger charge is 2.23. The molecule has 0 aliphatic heterocycles. The minimum Gasteiger partial charge on any atom is -0.295 e. The van der Waals surface area contributed by atoms with E-state index in [9.17, 15) is 4.79 Å². The Kier molecular flexibility index (Phi) is 7.03. The van der Waals surface area contributed by atoms with Crippen molar-refractivity contribution in [2.45, 2.75) is 59.8 Å². The molecule has 0 radical (unpaired) electrons. The van der Waals surface area contributed by atoms with E-state index in [1.807, 2.05) is 13.0 Å². The second-order valence-corrected chi connectivity index (χ2v) is 4.36. The third-order valence-corrected chi connectivity index (χ3v) is 3.50. The van der Waals surface area contributed by atoms with Crippen molar-refractivity contribution in [2.24, 2.45) is 5.41 Å². The summed E-state index contributed by atoms with van der Waals surface area (Å²) < 4.78 is 0. The molecule has 0 saturated heterocycles. The predicted molar refractivity (Wildman–Crippen MR) is 71.5 cm³/mol. The first-order chi connectivity index (χ1) is 7.59. The fourth-order valence-corrected chi connectivity index (χ4v) is 2.07. The molecule has 16 heavy (non-hydrogen) atoms. The molecular formula is C15H26O. The van der Waals surface area contributed by atoms with Crippen molar-refractivity contribution >= 4 is 5.78 Å². The smallest absolute Gasteiger partial charge is 0.158 e. The van der Waals surface area contributed by atoms with Gasteiger partial charge < -0.3 is 0 Å². The van der Waals surface area contributed by atoms with Gasteiger partial charge in [-0.15, -0.1) is 6.58 Å². The summed E-state index contributed by atoms with van der Waals surface area (Å²) in [5.41, 5.74) is 1.13. The molecule has 1 nitrogen and oxygen atoms in total. The van der Waals surface area contributed by atoms with Crippen molar-refractivity contribution in [1.82, 2.24) is 0 Å². The summed E-state index contributed by atoms with van der Waals surface area (Å²) in [6.07, 6.45) is 8.71. The van der Waals surface area contributed by atoms with Crippen molar-refractivity contribution in [3.8, 4) is 0 Å². The Hall–Kier alpha value is -0.850. The van der Waals surface area contributed by atoms with Gasteiger partial charge in [0.15, 0.2) is 5.78 Å². The lowest BCUT2D eigenvalue weighted by Gasteiger charge is -2.28. The van der Waals surface area contributed by atoms with Gasteiger partial charge in [-0.25, -0.2) is 0 Å². The molecule has 0 N–H and O–H groups in total. The molecule has 0 aromatic rings. The molecule has 0 aliphatic carbocycles. The summed E-state index contributed by atoms with van der Waals surface area (Å²) in [5, 5.41) is 0. The van der Waals surface area contributed by atoms with Crippen LogP contribution in [0.5, 0.6) is 0 Å². The predicted octanol–water partition coefficient (Wildman–Crippen LogP) is 4.68. The summed E-state index contributed by atoms with van der Waals surface area (Å²) in [6, 6.07) is 0. The van der Waals surface area contributed by atoms with Crippen LogP contribution in [0.4, 0.5) is 0 Å². The summed E-state index contributed by atoms with van der Waals surface area (Å²) >= 11 is 0. The molecule has 0 aromatic carbocycles. The van der Waals surface area contributed by atoms with E-state index in [1.54, 1.807) is 0 Å². The zero-order valence-corrected chi connectivity index (χ0v) is 11.3. The first kappa shape index (κ1) is 15.2. The van der Waals surface area contributed by atoms with Crippen molar-refractivity contribution in [1.29, 1.82) is 0 Å². The van der Waals surface area contributed by atoms with Crippen LogP contribution < -0.4 is 0 Å². The van der Waals surface area contributed by atoms with E-state index in [0.29, 0.717) is 6.42 Å². The Bertz CT molecular complexity index is 257. The first-order valence-corrected chi connectivity index (χ1v) is 6.44. The number of carbonyl (C=O) groups excluding carboxylic acids is 1. The molecule has 0 rings (SSSR count). The summed E-state index contributed by atoms with van der Waals surface area (Å²) in [5.74, 6) is 0.290. The monoisotopic (exact) mass is 222 g/mol. The van der Waals surface area contributed by atoms with E-state index < -0.39 is 0 Å². The molecule has 1 heteroatoms. The molecular weight excluding hydrogens is 196 g/mol. The van der Waals surface area contributed by atoms with E-state index in [2.05, 4.69) is 33.4 Å². The Balaban J connectivity index is 5.12. The van der Waals surface area contributed by atoms with E-state index in [1.165, 1.54) is 0 Å². The van der Waals surface area contributed by atoms with Gasteiger partial charge in [-0.3, -0.25) is 4.79 Å². The van der Waals surface area contributed by atoms with Crippen molar-refractivity contribution in [3.63, 3.8) is 0 Å². The Morgan fingerprint density at radius 3 is 2.00 bits per heavy atom. The highest BCUT2D eigenvalue weighted by Crippen LogP contribution is 2.34. The number of hydrogen-bond donors (Lipinski definition) is 0. The lowest BCUT2D eigenvalue weighted by atomic mass is 9.77. The fraction of sp³-hybridized carbons (Fsp3) is 0.667. The van der Waals surface area contributed by atoms with Crippen molar-refractivity contribution in [3.05, 3.63) is 24.3 Å². The Morgan fingerprint density at radius 1 is 1.12 bits per heavy atom. The number of Topliss-reactive ketones (excluding diaryl/α,β-unsaturated/α-hetero) is 1. The molecule has 0 heterocycles. The zero-order chi connectivity index (χ0) is 12.6. The second kappa shape index (κ2) is 7.43. The molecule has 0 aliphatic rings. The molecule has 0 atom stereocenters. The van der Waals surface area contributed by atoms with E-state index >= 15 is 0 Å². The first-order valence-electron chi connectivity index (χ1n) is 6.44. The molecule has 0 spiro atoms. The third kappa shape index (κ3) is 3.96.